The van der Waals surface area contributed by atoms with Crippen LogP contribution in [0.5, 0.6) is 0 Å². The molecule has 0 N–H and O–H groups in total. The summed E-state index contributed by atoms with van der Waals surface area (Å²) in [6.45, 7) is 10.7. The van der Waals surface area contributed by atoms with Gasteiger partial charge in [-0.3, -0.25) is 24.2 Å². The summed E-state index contributed by atoms with van der Waals surface area (Å²) in [5.74, 6) is -2.52. The molecule has 0 saturated carbocycles. The maximum atomic E-state index is 13.8. The van der Waals surface area contributed by atoms with E-state index in [-0.39, 0.29) is 43.3 Å². The minimum Gasteiger partial charge on any atom is -0.466 e. The normalized spacial score (nSPS) is 13.3. The number of ether oxygens (including phenoxy) is 3. The van der Waals surface area contributed by atoms with Gasteiger partial charge in [-0.15, -0.1) is 0 Å². The van der Waals surface area contributed by atoms with Crippen LogP contribution < -0.4 is 0 Å². The molecule has 1 aromatic heterocycles. The molecule has 0 amide bonds. The van der Waals surface area contributed by atoms with E-state index in [0.29, 0.717) is 17.5 Å². The van der Waals surface area contributed by atoms with E-state index in [1.165, 1.54) is 18.5 Å². The second-order valence-corrected chi connectivity index (χ2v) is 10.4. The van der Waals surface area contributed by atoms with E-state index in [9.17, 15) is 19.2 Å². The van der Waals surface area contributed by atoms with E-state index >= 15 is 0 Å². The molecule has 34 heavy (non-hydrogen) atoms. The van der Waals surface area contributed by atoms with Gasteiger partial charge in [-0.25, -0.2) is 0 Å². The average molecular weight is 542 g/mol. The van der Waals surface area contributed by atoms with E-state index < -0.39 is 35.2 Å². The molecule has 1 rings (SSSR count). The predicted molar refractivity (Wildman–Crippen MR) is 130 cm³/mol. The molecule has 0 bridgehead atoms. The Kier molecular flexibility index (Phi) is 12.0. The van der Waals surface area contributed by atoms with Crippen molar-refractivity contribution >= 4 is 39.4 Å². The molecule has 0 spiro atoms. The molecule has 0 radical (unpaired) electrons. The molecule has 190 valence electrons. The summed E-state index contributed by atoms with van der Waals surface area (Å²) in [5, 5.41) is 0. The van der Waals surface area contributed by atoms with Crippen LogP contribution in [0.15, 0.2) is 22.9 Å². The highest BCUT2D eigenvalue weighted by Crippen LogP contribution is 2.35. The highest BCUT2D eigenvalue weighted by molar-refractivity contribution is 9.10. The van der Waals surface area contributed by atoms with Crippen LogP contribution in [0.1, 0.15) is 77.6 Å². The van der Waals surface area contributed by atoms with Crippen molar-refractivity contribution in [3.8, 4) is 0 Å². The first-order valence-corrected chi connectivity index (χ1v) is 12.3. The zero-order valence-electron chi connectivity index (χ0n) is 20.9. The molecule has 0 aromatic carbocycles. The second kappa shape index (κ2) is 13.7. The fourth-order valence-corrected chi connectivity index (χ4v) is 3.60. The molecule has 0 aliphatic carbocycles. The van der Waals surface area contributed by atoms with Gasteiger partial charge >= 0.3 is 11.9 Å². The number of unbranched alkanes of at least 4 members (excludes halogenated alkanes) is 1. The zero-order valence-corrected chi connectivity index (χ0v) is 22.5. The topological polar surface area (TPSA) is 109 Å². The van der Waals surface area contributed by atoms with Crippen molar-refractivity contribution in [1.29, 1.82) is 0 Å². The van der Waals surface area contributed by atoms with Crippen molar-refractivity contribution in [3.05, 3.63) is 28.5 Å². The molecule has 1 heterocycles. The monoisotopic (exact) mass is 541 g/mol. The second-order valence-electron chi connectivity index (χ2n) is 9.47. The number of halogens is 1. The third-order valence-corrected chi connectivity index (χ3v) is 5.18. The molecular formula is C25H36BrNO7. The summed E-state index contributed by atoms with van der Waals surface area (Å²) in [7, 11) is 0. The van der Waals surface area contributed by atoms with Crippen LogP contribution in [0.25, 0.3) is 0 Å². The van der Waals surface area contributed by atoms with Crippen LogP contribution in [0.3, 0.4) is 0 Å². The Balaban J connectivity index is 3.39. The van der Waals surface area contributed by atoms with Gasteiger partial charge in [-0.05, 0) is 68.5 Å². The summed E-state index contributed by atoms with van der Waals surface area (Å²) >= 11 is 3.28. The summed E-state index contributed by atoms with van der Waals surface area (Å²) in [6, 6.07) is 1.51. The first-order valence-electron chi connectivity index (χ1n) is 11.5. The molecule has 0 fully saturated rings. The number of aromatic nitrogens is 1. The predicted octanol–water partition coefficient (Wildman–Crippen LogP) is 4.72. The Morgan fingerprint density at radius 1 is 1.09 bits per heavy atom. The number of carbonyl (C=O) groups excluding carboxylic acids is 4. The van der Waals surface area contributed by atoms with Crippen LogP contribution in [0.2, 0.25) is 0 Å². The maximum Gasteiger partial charge on any atom is 0.328 e. The molecule has 1 atom stereocenters. The largest absolute Gasteiger partial charge is 0.466 e. The molecule has 0 aliphatic rings. The van der Waals surface area contributed by atoms with E-state index in [2.05, 4.69) is 20.9 Å². The lowest BCUT2D eigenvalue weighted by molar-refractivity contribution is -0.168. The van der Waals surface area contributed by atoms with Crippen LogP contribution in [-0.2, 0) is 28.6 Å². The average Bonchev–Trinajstić information content (AvgIpc) is 2.72. The summed E-state index contributed by atoms with van der Waals surface area (Å²) < 4.78 is 16.6. The summed E-state index contributed by atoms with van der Waals surface area (Å²) in [5.41, 5.74) is -2.95. The Morgan fingerprint density at radius 3 is 2.32 bits per heavy atom. The van der Waals surface area contributed by atoms with E-state index in [0.717, 1.165) is 0 Å². The lowest BCUT2D eigenvalue weighted by Gasteiger charge is -2.32. The number of pyridine rings is 1. The SMILES string of the molecule is CCOC(=O)CCCCC(C(=O)COCC(C)C)(C(=O)OC(C)(C)C)C(=O)c1cncc(Br)c1. The summed E-state index contributed by atoms with van der Waals surface area (Å²) in [4.78, 5) is 56.6. The van der Waals surface area contributed by atoms with Gasteiger partial charge in [0.15, 0.2) is 17.0 Å². The number of nitrogens with zero attached hydrogens (tertiary/aromatic N) is 1. The highest BCUT2D eigenvalue weighted by Gasteiger charge is 2.54. The maximum absolute atomic E-state index is 13.8. The fraction of sp³-hybridized carbons (Fsp3) is 0.640. The highest BCUT2D eigenvalue weighted by atomic mass is 79.9. The standard InChI is InChI=1S/C25H36BrNO7/c1-7-33-21(29)10-8-9-11-25(23(31)34-24(4,5)6,20(28)16-32-15-17(2)3)22(30)18-12-19(26)14-27-13-18/h12-14,17H,7-11,15-16H2,1-6H3. The first-order chi connectivity index (χ1) is 15.8. The van der Waals surface area contributed by atoms with Crippen LogP contribution in [0.4, 0.5) is 0 Å². The molecule has 8 nitrogen and oxygen atoms in total. The van der Waals surface area contributed by atoms with Crippen LogP contribution >= 0.6 is 15.9 Å². The Bertz CT molecular complexity index is 863. The molecule has 0 saturated heterocycles. The van der Waals surface area contributed by atoms with Gasteiger partial charge in [0.25, 0.3) is 0 Å². The van der Waals surface area contributed by atoms with Crippen molar-refractivity contribution in [2.24, 2.45) is 11.3 Å². The van der Waals surface area contributed by atoms with Crippen molar-refractivity contribution in [3.63, 3.8) is 0 Å². The summed E-state index contributed by atoms with van der Waals surface area (Å²) in [6.07, 6.45) is 3.39. The molecule has 1 aromatic rings. The van der Waals surface area contributed by atoms with Gasteiger partial charge in [0.1, 0.15) is 12.2 Å². The number of carbonyl (C=O) groups is 4. The minimum absolute atomic E-state index is 0.0998. The zero-order chi connectivity index (χ0) is 25.9. The van der Waals surface area contributed by atoms with Crippen LogP contribution in [-0.4, -0.2) is 53.9 Å². The van der Waals surface area contributed by atoms with Gasteiger partial charge < -0.3 is 14.2 Å². The third kappa shape index (κ3) is 9.25. The van der Waals surface area contributed by atoms with Gasteiger partial charge in [0, 0.05) is 35.5 Å². The number of hydrogen-bond donors (Lipinski definition) is 0. The number of rotatable bonds is 14. The number of esters is 2. The van der Waals surface area contributed by atoms with Crippen LogP contribution in [0, 0.1) is 11.3 Å². The van der Waals surface area contributed by atoms with Crippen molar-refractivity contribution in [1.82, 2.24) is 4.98 Å². The molecule has 0 aliphatic heterocycles. The van der Waals surface area contributed by atoms with E-state index in [1.54, 1.807) is 27.7 Å². The third-order valence-electron chi connectivity index (χ3n) is 4.75. The minimum atomic E-state index is -2.12. The van der Waals surface area contributed by atoms with Gasteiger partial charge in [-0.1, -0.05) is 20.3 Å². The van der Waals surface area contributed by atoms with E-state index in [1.807, 2.05) is 13.8 Å². The molecule has 9 heteroatoms. The Labute approximate surface area is 210 Å². The number of Topliss-reactive ketones (excluding diaryl/α,β-unsaturated/α-hetero) is 2. The van der Waals surface area contributed by atoms with Gasteiger partial charge in [-0.2, -0.15) is 0 Å². The van der Waals surface area contributed by atoms with Crippen molar-refractivity contribution in [2.75, 3.05) is 19.8 Å². The quantitative estimate of drug-likeness (QED) is 0.144. The van der Waals surface area contributed by atoms with Crippen molar-refractivity contribution < 1.29 is 33.4 Å². The lowest BCUT2D eigenvalue weighted by Crippen LogP contribution is -2.51. The first kappa shape index (κ1) is 29.9. The number of hydrogen-bond acceptors (Lipinski definition) is 8. The number of ketones is 2. The van der Waals surface area contributed by atoms with E-state index in [4.69, 9.17) is 14.2 Å². The van der Waals surface area contributed by atoms with Gasteiger partial charge in [0.05, 0.1) is 6.61 Å². The van der Waals surface area contributed by atoms with Gasteiger partial charge in [0.2, 0.25) is 0 Å². The smallest absolute Gasteiger partial charge is 0.328 e. The molecular weight excluding hydrogens is 506 g/mol. The Morgan fingerprint density at radius 2 is 1.76 bits per heavy atom. The van der Waals surface area contributed by atoms with Crippen molar-refractivity contribution in [2.45, 2.75) is 72.8 Å². The lowest BCUT2D eigenvalue weighted by atomic mass is 9.72. The fourth-order valence-electron chi connectivity index (χ4n) is 3.24. The molecule has 1 unspecified atom stereocenters. The Hall–Kier alpha value is -2.13.